The van der Waals surface area contributed by atoms with Crippen molar-refractivity contribution in [3.63, 3.8) is 0 Å². The van der Waals surface area contributed by atoms with Crippen LogP contribution in [0.15, 0.2) is 51.8 Å². The van der Waals surface area contributed by atoms with Crippen LogP contribution in [-0.4, -0.2) is 19.9 Å². The van der Waals surface area contributed by atoms with Crippen molar-refractivity contribution in [1.29, 1.82) is 0 Å². The quantitative estimate of drug-likeness (QED) is 0.774. The van der Waals surface area contributed by atoms with E-state index in [1.54, 1.807) is 26.8 Å². The van der Waals surface area contributed by atoms with Crippen molar-refractivity contribution in [2.75, 3.05) is 5.32 Å². The van der Waals surface area contributed by atoms with Crippen molar-refractivity contribution < 1.29 is 17.6 Å². The molecule has 2 aromatic rings. The second-order valence-electron chi connectivity index (χ2n) is 6.46. The van der Waals surface area contributed by atoms with Crippen LogP contribution in [0.5, 0.6) is 0 Å². The molecular formula is C17H18BrFN2O3S. The number of rotatable bonds is 4. The lowest BCUT2D eigenvalue weighted by Crippen LogP contribution is -2.40. The van der Waals surface area contributed by atoms with Gasteiger partial charge in [-0.05, 0) is 73.1 Å². The number of carbonyl (C=O) groups is 1. The summed E-state index contributed by atoms with van der Waals surface area (Å²) in [4.78, 5) is 12.3. The molecule has 0 aromatic heterocycles. The second-order valence-corrected chi connectivity index (χ2v) is 9.00. The van der Waals surface area contributed by atoms with Crippen LogP contribution in [0.3, 0.4) is 0 Å². The van der Waals surface area contributed by atoms with Crippen LogP contribution in [0.4, 0.5) is 10.1 Å². The number of nitrogens with one attached hydrogen (secondary N) is 2. The van der Waals surface area contributed by atoms with Crippen LogP contribution in [0.1, 0.15) is 31.1 Å². The first-order chi connectivity index (χ1) is 11.5. The van der Waals surface area contributed by atoms with E-state index in [4.69, 9.17) is 0 Å². The summed E-state index contributed by atoms with van der Waals surface area (Å²) in [7, 11) is -3.71. The van der Waals surface area contributed by atoms with Gasteiger partial charge in [0.15, 0.2) is 0 Å². The van der Waals surface area contributed by atoms with E-state index in [1.165, 1.54) is 36.4 Å². The van der Waals surface area contributed by atoms with Crippen LogP contribution in [0.25, 0.3) is 0 Å². The average molecular weight is 429 g/mol. The first kappa shape index (κ1) is 19.6. The highest BCUT2D eigenvalue weighted by molar-refractivity contribution is 9.10. The highest BCUT2D eigenvalue weighted by Crippen LogP contribution is 2.21. The van der Waals surface area contributed by atoms with Gasteiger partial charge in [0.25, 0.3) is 5.91 Å². The molecule has 134 valence electrons. The normalized spacial score (nSPS) is 12.0. The van der Waals surface area contributed by atoms with E-state index in [0.29, 0.717) is 10.2 Å². The van der Waals surface area contributed by atoms with Crippen LogP contribution in [0.2, 0.25) is 0 Å². The molecule has 0 aliphatic heterocycles. The Hall–Kier alpha value is -1.77. The van der Waals surface area contributed by atoms with Gasteiger partial charge in [0.05, 0.1) is 10.5 Å². The molecule has 0 saturated heterocycles. The lowest BCUT2D eigenvalue weighted by molar-refractivity contribution is 0.102. The van der Waals surface area contributed by atoms with E-state index in [9.17, 15) is 17.6 Å². The predicted molar refractivity (Wildman–Crippen MR) is 98.6 cm³/mol. The Morgan fingerprint density at radius 2 is 1.80 bits per heavy atom. The van der Waals surface area contributed by atoms with Gasteiger partial charge >= 0.3 is 0 Å². The topological polar surface area (TPSA) is 75.3 Å². The molecule has 0 spiro atoms. The van der Waals surface area contributed by atoms with Gasteiger partial charge in [0.2, 0.25) is 10.0 Å². The number of amides is 1. The molecule has 0 bridgehead atoms. The van der Waals surface area contributed by atoms with E-state index in [1.807, 2.05) is 0 Å². The van der Waals surface area contributed by atoms with E-state index >= 15 is 0 Å². The Bertz CT molecular complexity index is 908. The highest BCUT2D eigenvalue weighted by Gasteiger charge is 2.22. The Morgan fingerprint density at radius 1 is 1.12 bits per heavy atom. The fourth-order valence-corrected chi connectivity index (χ4v) is 4.07. The minimum Gasteiger partial charge on any atom is -0.322 e. The molecule has 0 aliphatic rings. The summed E-state index contributed by atoms with van der Waals surface area (Å²) in [5.41, 5.74) is -0.0719. The maximum atomic E-state index is 13.1. The molecule has 5 nitrogen and oxygen atoms in total. The Kier molecular flexibility index (Phi) is 5.65. The summed E-state index contributed by atoms with van der Waals surface area (Å²) in [5, 5.41) is 2.61. The van der Waals surface area contributed by atoms with Crippen molar-refractivity contribution in [1.82, 2.24) is 4.72 Å². The number of hydrogen-bond donors (Lipinski definition) is 2. The van der Waals surface area contributed by atoms with Crippen LogP contribution >= 0.6 is 15.9 Å². The number of carbonyl (C=O) groups excluding carboxylic acids is 1. The SMILES string of the molecule is CC(C)(C)NS(=O)(=O)c1cccc(NC(=O)c2ccc(F)cc2Br)c1. The van der Waals surface area contributed by atoms with Crippen molar-refractivity contribution in [2.24, 2.45) is 0 Å². The standard InChI is InChI=1S/C17H18BrFN2O3S/c1-17(2,3)21-25(23,24)13-6-4-5-12(10-13)20-16(22)14-8-7-11(19)9-15(14)18/h4-10,21H,1-3H3,(H,20,22). The van der Waals surface area contributed by atoms with Gasteiger partial charge in [-0.25, -0.2) is 17.5 Å². The largest absolute Gasteiger partial charge is 0.322 e. The first-order valence-electron chi connectivity index (χ1n) is 7.38. The Balaban J connectivity index is 2.26. The van der Waals surface area contributed by atoms with Gasteiger partial charge in [-0.3, -0.25) is 4.79 Å². The molecule has 2 aromatic carbocycles. The van der Waals surface area contributed by atoms with E-state index < -0.39 is 27.3 Å². The molecule has 0 fully saturated rings. The Morgan fingerprint density at radius 3 is 2.40 bits per heavy atom. The molecule has 0 radical (unpaired) electrons. The minimum atomic E-state index is -3.71. The number of benzene rings is 2. The molecule has 0 atom stereocenters. The fraction of sp³-hybridized carbons (Fsp3) is 0.235. The molecule has 0 saturated carbocycles. The molecule has 1 amide bonds. The summed E-state index contributed by atoms with van der Waals surface area (Å²) < 4.78 is 40.7. The van der Waals surface area contributed by atoms with Crippen LogP contribution in [-0.2, 0) is 10.0 Å². The number of halogens is 2. The predicted octanol–water partition coefficient (Wildman–Crippen LogP) is 3.92. The lowest BCUT2D eigenvalue weighted by Gasteiger charge is -2.20. The third-order valence-corrected chi connectivity index (χ3v) is 5.43. The summed E-state index contributed by atoms with van der Waals surface area (Å²) >= 11 is 3.13. The Labute approximate surface area is 154 Å². The third kappa shape index (κ3) is 5.35. The van der Waals surface area contributed by atoms with Crippen molar-refractivity contribution >= 4 is 37.5 Å². The zero-order valence-electron chi connectivity index (χ0n) is 13.9. The second kappa shape index (κ2) is 7.23. The highest BCUT2D eigenvalue weighted by atomic mass is 79.9. The van der Waals surface area contributed by atoms with Crippen molar-refractivity contribution in [2.45, 2.75) is 31.2 Å². The summed E-state index contributed by atoms with van der Waals surface area (Å²) in [6, 6.07) is 9.62. The summed E-state index contributed by atoms with van der Waals surface area (Å²) in [6.45, 7) is 5.21. The number of sulfonamides is 1. The fourth-order valence-electron chi connectivity index (χ4n) is 2.08. The summed E-state index contributed by atoms with van der Waals surface area (Å²) in [6.07, 6.45) is 0. The van der Waals surface area contributed by atoms with Gasteiger partial charge in [-0.1, -0.05) is 6.07 Å². The minimum absolute atomic E-state index is 0.0402. The lowest BCUT2D eigenvalue weighted by atomic mass is 10.1. The molecule has 0 heterocycles. The molecule has 0 unspecified atom stereocenters. The van der Waals surface area contributed by atoms with Gasteiger partial charge < -0.3 is 5.32 Å². The van der Waals surface area contributed by atoms with Crippen molar-refractivity contribution in [3.8, 4) is 0 Å². The van der Waals surface area contributed by atoms with Crippen LogP contribution in [0, 0.1) is 5.82 Å². The van der Waals surface area contributed by atoms with E-state index in [-0.39, 0.29) is 10.5 Å². The maximum Gasteiger partial charge on any atom is 0.256 e. The van der Waals surface area contributed by atoms with Gasteiger partial charge in [-0.2, -0.15) is 0 Å². The van der Waals surface area contributed by atoms with Crippen molar-refractivity contribution in [3.05, 3.63) is 58.3 Å². The average Bonchev–Trinajstić information content (AvgIpc) is 2.44. The molecule has 2 rings (SSSR count). The molecule has 25 heavy (non-hydrogen) atoms. The molecule has 2 N–H and O–H groups in total. The molecular weight excluding hydrogens is 411 g/mol. The van der Waals surface area contributed by atoms with Gasteiger partial charge in [0.1, 0.15) is 5.82 Å². The van der Waals surface area contributed by atoms with E-state index in [0.717, 1.165) is 0 Å². The third-order valence-electron chi connectivity index (χ3n) is 3.02. The number of anilines is 1. The smallest absolute Gasteiger partial charge is 0.256 e. The monoisotopic (exact) mass is 428 g/mol. The summed E-state index contributed by atoms with van der Waals surface area (Å²) in [5.74, 6) is -0.949. The van der Waals surface area contributed by atoms with Gasteiger partial charge in [-0.15, -0.1) is 0 Å². The molecule has 8 heteroatoms. The molecule has 0 aliphatic carbocycles. The van der Waals surface area contributed by atoms with Crippen LogP contribution < -0.4 is 10.0 Å². The van der Waals surface area contributed by atoms with Gasteiger partial charge in [0, 0.05) is 15.7 Å². The maximum absolute atomic E-state index is 13.1. The zero-order chi connectivity index (χ0) is 18.8. The first-order valence-corrected chi connectivity index (χ1v) is 9.66. The van der Waals surface area contributed by atoms with E-state index in [2.05, 4.69) is 26.0 Å². The zero-order valence-corrected chi connectivity index (χ0v) is 16.3. The number of hydrogen-bond acceptors (Lipinski definition) is 3.